The zero-order valence-corrected chi connectivity index (χ0v) is 15.1. The molecule has 0 spiro atoms. The molecule has 1 atom stereocenters. The monoisotopic (exact) mass is 344 g/mol. The molecule has 2 heterocycles. The fraction of sp³-hybridized carbons (Fsp3) is 0.579. The first-order chi connectivity index (χ1) is 12.0. The molecular formula is C19H28N4O2. The van der Waals surface area contributed by atoms with Crippen molar-refractivity contribution in [3.63, 3.8) is 0 Å². The maximum absolute atomic E-state index is 12.7. The van der Waals surface area contributed by atoms with E-state index >= 15 is 0 Å². The Kier molecular flexibility index (Phi) is 5.39. The number of anilines is 1. The van der Waals surface area contributed by atoms with Crippen LogP contribution in [-0.2, 0) is 16.0 Å². The van der Waals surface area contributed by atoms with Gasteiger partial charge in [0.2, 0.25) is 11.8 Å². The Morgan fingerprint density at radius 3 is 2.44 bits per heavy atom. The number of rotatable bonds is 4. The number of fused-ring (bicyclic) bond motifs is 1. The van der Waals surface area contributed by atoms with Gasteiger partial charge in [0, 0.05) is 38.4 Å². The van der Waals surface area contributed by atoms with Crippen LogP contribution >= 0.6 is 0 Å². The highest BCUT2D eigenvalue weighted by Crippen LogP contribution is 2.27. The van der Waals surface area contributed by atoms with Gasteiger partial charge in [-0.2, -0.15) is 0 Å². The van der Waals surface area contributed by atoms with Crippen molar-refractivity contribution in [1.82, 2.24) is 9.80 Å². The molecule has 0 bridgehead atoms. The molecular weight excluding hydrogens is 316 g/mol. The summed E-state index contributed by atoms with van der Waals surface area (Å²) in [6.45, 7) is 7.82. The second-order valence-corrected chi connectivity index (χ2v) is 7.30. The molecule has 25 heavy (non-hydrogen) atoms. The molecule has 0 aliphatic carbocycles. The first kappa shape index (κ1) is 17.9. The van der Waals surface area contributed by atoms with Gasteiger partial charge in [0.05, 0.1) is 12.6 Å². The second kappa shape index (κ2) is 7.54. The van der Waals surface area contributed by atoms with E-state index in [2.05, 4.69) is 11.0 Å². The normalized spacial score (nSPS) is 19.2. The van der Waals surface area contributed by atoms with Gasteiger partial charge in [-0.15, -0.1) is 0 Å². The maximum atomic E-state index is 12.7. The molecule has 2 aliphatic rings. The fourth-order valence-corrected chi connectivity index (χ4v) is 3.50. The third kappa shape index (κ3) is 3.85. The lowest BCUT2D eigenvalue weighted by molar-refractivity contribution is -0.135. The van der Waals surface area contributed by atoms with Crippen molar-refractivity contribution in [3.05, 3.63) is 29.8 Å². The Hall–Kier alpha value is -1.92. The van der Waals surface area contributed by atoms with Crippen LogP contribution in [0, 0.1) is 5.92 Å². The maximum Gasteiger partial charge on any atom is 0.241 e. The van der Waals surface area contributed by atoms with Crippen LogP contribution in [0.15, 0.2) is 24.3 Å². The van der Waals surface area contributed by atoms with E-state index < -0.39 is 6.04 Å². The second-order valence-electron chi connectivity index (χ2n) is 7.30. The number of benzene rings is 1. The van der Waals surface area contributed by atoms with E-state index in [0.717, 1.165) is 31.7 Å². The van der Waals surface area contributed by atoms with Crippen molar-refractivity contribution in [3.8, 4) is 0 Å². The van der Waals surface area contributed by atoms with Gasteiger partial charge in [-0.25, -0.2) is 0 Å². The van der Waals surface area contributed by atoms with Crippen molar-refractivity contribution in [2.75, 3.05) is 44.2 Å². The Bertz CT molecular complexity index is 638. The Morgan fingerprint density at radius 1 is 1.08 bits per heavy atom. The Labute approximate surface area is 149 Å². The number of carbonyl (C=O) groups is 2. The summed E-state index contributed by atoms with van der Waals surface area (Å²) in [4.78, 5) is 30.8. The molecule has 136 valence electrons. The molecule has 3 rings (SSSR count). The van der Waals surface area contributed by atoms with Gasteiger partial charge in [0.1, 0.15) is 0 Å². The summed E-state index contributed by atoms with van der Waals surface area (Å²) in [7, 11) is 0. The molecule has 0 unspecified atom stereocenters. The summed E-state index contributed by atoms with van der Waals surface area (Å²) in [5, 5.41) is 0. The van der Waals surface area contributed by atoms with Crippen LogP contribution in [0.1, 0.15) is 19.4 Å². The first-order valence-corrected chi connectivity index (χ1v) is 9.12. The highest BCUT2D eigenvalue weighted by Gasteiger charge is 2.29. The van der Waals surface area contributed by atoms with E-state index in [4.69, 9.17) is 5.73 Å². The van der Waals surface area contributed by atoms with Crippen LogP contribution in [0.25, 0.3) is 0 Å². The van der Waals surface area contributed by atoms with Gasteiger partial charge in [-0.05, 0) is 24.0 Å². The summed E-state index contributed by atoms with van der Waals surface area (Å²) >= 11 is 0. The lowest BCUT2D eigenvalue weighted by Gasteiger charge is -2.36. The number of nitrogens with zero attached hydrogens (tertiary/aromatic N) is 3. The molecule has 6 heteroatoms. The average Bonchev–Trinajstić information content (AvgIpc) is 3.05. The minimum Gasteiger partial charge on any atom is -0.339 e. The minimum absolute atomic E-state index is 0.0226. The number of carbonyl (C=O) groups excluding carboxylic acids is 2. The van der Waals surface area contributed by atoms with Crippen LogP contribution in [0.3, 0.4) is 0 Å². The Morgan fingerprint density at radius 2 is 1.76 bits per heavy atom. The summed E-state index contributed by atoms with van der Waals surface area (Å²) in [6, 6.07) is 7.67. The zero-order valence-electron chi connectivity index (χ0n) is 15.1. The molecule has 1 saturated heterocycles. The predicted molar refractivity (Wildman–Crippen MR) is 98.3 cm³/mol. The van der Waals surface area contributed by atoms with Crippen molar-refractivity contribution >= 4 is 17.5 Å². The summed E-state index contributed by atoms with van der Waals surface area (Å²) in [5.74, 6) is 0.306. The molecule has 1 aromatic rings. The summed E-state index contributed by atoms with van der Waals surface area (Å²) < 4.78 is 0. The molecule has 2 aliphatic heterocycles. The number of hydrogen-bond acceptors (Lipinski definition) is 4. The van der Waals surface area contributed by atoms with E-state index in [9.17, 15) is 9.59 Å². The number of piperazine rings is 1. The standard InChI is InChI=1S/C19H28N4O2/c1-14(2)18(20)19(25)22-11-9-21(10-12-22)13-17(24)23-8-7-15-5-3-4-6-16(15)23/h3-6,14,18H,7-13,20H2,1-2H3/t18-/m0/s1. The molecule has 2 amide bonds. The lowest BCUT2D eigenvalue weighted by atomic mass is 10.0. The van der Waals surface area contributed by atoms with Gasteiger partial charge in [0.25, 0.3) is 0 Å². The van der Waals surface area contributed by atoms with E-state index in [-0.39, 0.29) is 17.7 Å². The molecule has 0 saturated carbocycles. The quantitative estimate of drug-likeness (QED) is 0.873. The van der Waals surface area contributed by atoms with Crippen LogP contribution in [0.2, 0.25) is 0 Å². The van der Waals surface area contributed by atoms with E-state index in [1.54, 1.807) is 0 Å². The third-order valence-electron chi connectivity index (χ3n) is 5.23. The Balaban J connectivity index is 1.51. The highest BCUT2D eigenvalue weighted by atomic mass is 16.2. The van der Waals surface area contributed by atoms with Gasteiger partial charge in [-0.1, -0.05) is 32.0 Å². The molecule has 1 fully saturated rings. The van der Waals surface area contributed by atoms with Crippen LogP contribution in [0.4, 0.5) is 5.69 Å². The topological polar surface area (TPSA) is 69.9 Å². The molecule has 2 N–H and O–H groups in total. The molecule has 6 nitrogen and oxygen atoms in total. The lowest BCUT2D eigenvalue weighted by Crippen LogP contribution is -2.55. The highest BCUT2D eigenvalue weighted by molar-refractivity contribution is 5.96. The van der Waals surface area contributed by atoms with E-state index in [1.165, 1.54) is 5.56 Å². The average molecular weight is 344 g/mol. The first-order valence-electron chi connectivity index (χ1n) is 9.12. The smallest absolute Gasteiger partial charge is 0.241 e. The predicted octanol–water partition coefficient (Wildman–Crippen LogP) is 0.703. The van der Waals surface area contributed by atoms with Crippen molar-refractivity contribution in [2.24, 2.45) is 11.7 Å². The van der Waals surface area contributed by atoms with E-state index in [1.807, 2.05) is 41.8 Å². The fourth-order valence-electron chi connectivity index (χ4n) is 3.50. The van der Waals surface area contributed by atoms with Crippen LogP contribution in [0.5, 0.6) is 0 Å². The number of nitrogens with two attached hydrogens (primary N) is 1. The van der Waals surface area contributed by atoms with Crippen molar-refractivity contribution in [2.45, 2.75) is 26.3 Å². The van der Waals surface area contributed by atoms with Crippen LogP contribution < -0.4 is 10.6 Å². The molecule has 0 aromatic heterocycles. The van der Waals surface area contributed by atoms with E-state index in [0.29, 0.717) is 19.6 Å². The van der Waals surface area contributed by atoms with Crippen molar-refractivity contribution < 1.29 is 9.59 Å². The van der Waals surface area contributed by atoms with Crippen LogP contribution in [-0.4, -0.2) is 66.9 Å². The zero-order chi connectivity index (χ0) is 18.0. The summed E-state index contributed by atoms with van der Waals surface area (Å²) in [5.41, 5.74) is 8.26. The van der Waals surface area contributed by atoms with Gasteiger partial charge >= 0.3 is 0 Å². The third-order valence-corrected chi connectivity index (χ3v) is 5.23. The molecule has 0 radical (unpaired) electrons. The van der Waals surface area contributed by atoms with Crippen molar-refractivity contribution in [1.29, 1.82) is 0 Å². The van der Waals surface area contributed by atoms with Gasteiger partial charge in [0.15, 0.2) is 0 Å². The number of amides is 2. The number of hydrogen-bond donors (Lipinski definition) is 1. The SMILES string of the molecule is CC(C)[C@H](N)C(=O)N1CCN(CC(=O)N2CCc3ccccc32)CC1. The molecule has 1 aromatic carbocycles. The summed E-state index contributed by atoms with van der Waals surface area (Å²) in [6.07, 6.45) is 0.928. The van der Waals surface area contributed by atoms with Gasteiger partial charge < -0.3 is 15.5 Å². The minimum atomic E-state index is -0.436. The largest absolute Gasteiger partial charge is 0.339 e. The van der Waals surface area contributed by atoms with Gasteiger partial charge in [-0.3, -0.25) is 14.5 Å². The number of para-hydroxylation sites is 1.